The fourth-order valence-electron chi connectivity index (χ4n) is 1.93. The highest BCUT2D eigenvalue weighted by atomic mass is 15.1. The lowest BCUT2D eigenvalue weighted by molar-refractivity contribution is 0.804. The van der Waals surface area contributed by atoms with Crippen LogP contribution in [0.2, 0.25) is 0 Å². The monoisotopic (exact) mass is 255 g/mol. The van der Waals surface area contributed by atoms with Crippen molar-refractivity contribution < 1.29 is 0 Å². The molecule has 19 heavy (non-hydrogen) atoms. The summed E-state index contributed by atoms with van der Waals surface area (Å²) in [4.78, 5) is 6.39. The minimum absolute atomic E-state index is 0.481. The van der Waals surface area contributed by atoms with Crippen LogP contribution in [0.25, 0.3) is 0 Å². The Balaban J connectivity index is 1.92. The average molecular weight is 255 g/mol. The molecule has 0 saturated carbocycles. The van der Waals surface area contributed by atoms with Gasteiger partial charge in [0.2, 0.25) is 0 Å². The number of hydrogen-bond acceptors (Lipinski definition) is 3. The number of hydrogen-bond donors (Lipinski definition) is 1. The number of benzene rings is 1. The molecule has 1 heterocycles. The van der Waals surface area contributed by atoms with Crippen LogP contribution in [0, 0.1) is 0 Å². The summed E-state index contributed by atoms with van der Waals surface area (Å²) in [6.45, 7) is 3.14. The van der Waals surface area contributed by atoms with Gasteiger partial charge in [-0.05, 0) is 23.6 Å². The van der Waals surface area contributed by atoms with Crippen molar-refractivity contribution >= 4 is 11.5 Å². The lowest BCUT2D eigenvalue weighted by Crippen LogP contribution is -2.12. The van der Waals surface area contributed by atoms with Crippen molar-refractivity contribution in [3.8, 4) is 0 Å². The van der Waals surface area contributed by atoms with Gasteiger partial charge in [0, 0.05) is 20.6 Å². The number of anilines is 2. The largest absolute Gasteiger partial charge is 0.383 e. The van der Waals surface area contributed by atoms with Gasteiger partial charge in [-0.2, -0.15) is 0 Å². The summed E-state index contributed by atoms with van der Waals surface area (Å²) in [5, 5.41) is 3.43. The van der Waals surface area contributed by atoms with Crippen LogP contribution in [-0.4, -0.2) is 25.6 Å². The lowest BCUT2D eigenvalue weighted by Gasteiger charge is -2.15. The van der Waals surface area contributed by atoms with Gasteiger partial charge in [-0.15, -0.1) is 0 Å². The molecule has 0 aliphatic rings. The first-order valence-electron chi connectivity index (χ1n) is 6.59. The fourth-order valence-corrected chi connectivity index (χ4v) is 1.93. The van der Waals surface area contributed by atoms with E-state index in [2.05, 4.69) is 47.6 Å². The second-order valence-corrected chi connectivity index (χ2v) is 4.99. The van der Waals surface area contributed by atoms with Crippen molar-refractivity contribution in [2.45, 2.75) is 12.8 Å². The van der Waals surface area contributed by atoms with Gasteiger partial charge in [-0.1, -0.05) is 37.3 Å². The molecule has 0 fully saturated rings. The molecule has 2 rings (SSSR count). The zero-order valence-electron chi connectivity index (χ0n) is 11.8. The van der Waals surface area contributed by atoms with Crippen LogP contribution in [0.4, 0.5) is 11.5 Å². The van der Waals surface area contributed by atoms with Gasteiger partial charge in [0.15, 0.2) is 0 Å². The molecule has 1 aromatic carbocycles. The highest BCUT2D eigenvalue weighted by molar-refractivity contribution is 5.48. The second-order valence-electron chi connectivity index (χ2n) is 4.99. The van der Waals surface area contributed by atoms with Gasteiger partial charge in [0.1, 0.15) is 5.82 Å². The number of pyridine rings is 1. The first kappa shape index (κ1) is 13.4. The Bertz CT molecular complexity index is 491. The predicted octanol–water partition coefficient (Wildman–Crippen LogP) is 3.36. The molecule has 1 atom stereocenters. The van der Waals surface area contributed by atoms with Crippen LogP contribution in [0.1, 0.15) is 18.4 Å². The summed E-state index contributed by atoms with van der Waals surface area (Å²) in [6, 6.07) is 14.6. The third kappa shape index (κ3) is 3.71. The van der Waals surface area contributed by atoms with E-state index in [1.165, 1.54) is 5.56 Å². The van der Waals surface area contributed by atoms with Gasteiger partial charge in [0.25, 0.3) is 0 Å². The van der Waals surface area contributed by atoms with E-state index in [4.69, 9.17) is 0 Å². The van der Waals surface area contributed by atoms with Gasteiger partial charge in [0.05, 0.1) is 11.9 Å². The maximum atomic E-state index is 4.39. The Hall–Kier alpha value is -2.03. The van der Waals surface area contributed by atoms with E-state index in [9.17, 15) is 0 Å². The van der Waals surface area contributed by atoms with E-state index in [0.717, 1.165) is 18.1 Å². The Morgan fingerprint density at radius 3 is 2.42 bits per heavy atom. The summed E-state index contributed by atoms with van der Waals surface area (Å²) in [7, 11) is 3.99. The van der Waals surface area contributed by atoms with Gasteiger partial charge in [-0.25, -0.2) is 4.98 Å². The maximum Gasteiger partial charge on any atom is 0.128 e. The van der Waals surface area contributed by atoms with E-state index < -0.39 is 0 Å². The Morgan fingerprint density at radius 2 is 1.84 bits per heavy atom. The molecule has 3 nitrogen and oxygen atoms in total. The Labute approximate surface area is 115 Å². The summed E-state index contributed by atoms with van der Waals surface area (Å²) < 4.78 is 0. The summed E-state index contributed by atoms with van der Waals surface area (Å²) in [6.07, 6.45) is 1.88. The zero-order chi connectivity index (χ0) is 13.7. The van der Waals surface area contributed by atoms with Crippen LogP contribution in [0.15, 0.2) is 48.7 Å². The topological polar surface area (TPSA) is 28.2 Å². The van der Waals surface area contributed by atoms with Crippen LogP contribution in [-0.2, 0) is 0 Å². The lowest BCUT2D eigenvalue weighted by atomic mass is 10.0. The van der Waals surface area contributed by atoms with Crippen molar-refractivity contribution in [2.24, 2.45) is 0 Å². The number of rotatable bonds is 5. The van der Waals surface area contributed by atoms with Crippen molar-refractivity contribution in [1.29, 1.82) is 0 Å². The maximum absolute atomic E-state index is 4.39. The zero-order valence-corrected chi connectivity index (χ0v) is 11.8. The van der Waals surface area contributed by atoms with Crippen LogP contribution < -0.4 is 10.2 Å². The molecule has 3 heteroatoms. The van der Waals surface area contributed by atoms with Crippen LogP contribution >= 0.6 is 0 Å². The number of aromatic nitrogens is 1. The smallest absolute Gasteiger partial charge is 0.128 e. The van der Waals surface area contributed by atoms with E-state index in [1.54, 1.807) is 0 Å². The first-order valence-corrected chi connectivity index (χ1v) is 6.59. The second kappa shape index (κ2) is 6.23. The number of nitrogens with one attached hydrogen (secondary N) is 1. The standard InChI is InChI=1S/C16H21N3/c1-13(14-7-5-4-6-8-14)11-17-15-9-10-16(18-12-15)19(2)3/h4-10,12-13,17H,11H2,1-3H3. The van der Waals surface area contributed by atoms with Crippen LogP contribution in [0.3, 0.4) is 0 Å². The van der Waals surface area contributed by atoms with Gasteiger partial charge < -0.3 is 10.2 Å². The summed E-state index contributed by atoms with van der Waals surface area (Å²) in [5.74, 6) is 1.45. The van der Waals surface area contributed by atoms with Gasteiger partial charge in [-0.3, -0.25) is 0 Å². The normalized spacial score (nSPS) is 11.9. The minimum Gasteiger partial charge on any atom is -0.383 e. The molecule has 100 valence electrons. The highest BCUT2D eigenvalue weighted by Gasteiger charge is 2.04. The third-order valence-electron chi connectivity index (χ3n) is 3.19. The van der Waals surface area contributed by atoms with E-state index >= 15 is 0 Å². The molecule has 1 aromatic heterocycles. The highest BCUT2D eigenvalue weighted by Crippen LogP contribution is 2.17. The van der Waals surface area contributed by atoms with Crippen molar-refractivity contribution in [2.75, 3.05) is 30.9 Å². The SMILES string of the molecule is CC(CNc1ccc(N(C)C)nc1)c1ccccc1. The van der Waals surface area contributed by atoms with Gasteiger partial charge >= 0.3 is 0 Å². The molecule has 1 unspecified atom stereocenters. The summed E-state index contributed by atoms with van der Waals surface area (Å²) >= 11 is 0. The first-order chi connectivity index (χ1) is 9.16. The molecule has 1 N–H and O–H groups in total. The third-order valence-corrected chi connectivity index (χ3v) is 3.19. The Kier molecular flexibility index (Phi) is 4.39. The quantitative estimate of drug-likeness (QED) is 0.888. The average Bonchev–Trinajstić information content (AvgIpc) is 2.46. The van der Waals surface area contributed by atoms with Crippen molar-refractivity contribution in [1.82, 2.24) is 4.98 Å². The molecule has 0 spiro atoms. The number of nitrogens with zero attached hydrogens (tertiary/aromatic N) is 2. The van der Waals surface area contributed by atoms with E-state index in [0.29, 0.717) is 5.92 Å². The fraction of sp³-hybridized carbons (Fsp3) is 0.312. The predicted molar refractivity (Wildman–Crippen MR) is 81.9 cm³/mol. The molecule has 0 aliphatic carbocycles. The van der Waals surface area contributed by atoms with E-state index in [-0.39, 0.29) is 0 Å². The van der Waals surface area contributed by atoms with Crippen LogP contribution in [0.5, 0.6) is 0 Å². The molecular weight excluding hydrogens is 234 g/mol. The molecule has 0 aliphatic heterocycles. The molecule has 0 saturated heterocycles. The Morgan fingerprint density at radius 1 is 1.11 bits per heavy atom. The van der Waals surface area contributed by atoms with E-state index in [1.807, 2.05) is 37.3 Å². The summed E-state index contributed by atoms with van der Waals surface area (Å²) in [5.41, 5.74) is 2.42. The molecule has 2 aromatic rings. The van der Waals surface area contributed by atoms with Crippen molar-refractivity contribution in [3.05, 3.63) is 54.2 Å². The minimum atomic E-state index is 0.481. The molecule has 0 amide bonds. The molecular formula is C16H21N3. The molecule has 0 radical (unpaired) electrons. The van der Waals surface area contributed by atoms with Crippen molar-refractivity contribution in [3.63, 3.8) is 0 Å². The molecule has 0 bridgehead atoms.